The highest BCUT2D eigenvalue weighted by Crippen LogP contribution is 2.34. The summed E-state index contributed by atoms with van der Waals surface area (Å²) in [6.45, 7) is 4.49. The molecule has 248 valence electrons. The van der Waals surface area contributed by atoms with Crippen molar-refractivity contribution in [1.82, 2.24) is 15.1 Å². The number of amides is 3. The molecule has 3 rings (SSSR count). The summed E-state index contributed by atoms with van der Waals surface area (Å²) in [5.41, 5.74) is 0.963. The van der Waals surface area contributed by atoms with Gasteiger partial charge in [0.15, 0.2) is 0 Å². The van der Waals surface area contributed by atoms with E-state index in [-0.39, 0.29) is 36.6 Å². The molecule has 0 aromatic heterocycles. The molecule has 0 saturated heterocycles. The van der Waals surface area contributed by atoms with Crippen LogP contribution in [0.5, 0.6) is 0 Å². The minimum atomic E-state index is -1.06. The molecule has 1 aromatic rings. The van der Waals surface area contributed by atoms with Crippen LogP contribution in [0.1, 0.15) is 103 Å². The van der Waals surface area contributed by atoms with Crippen molar-refractivity contribution in [2.45, 2.75) is 122 Å². The van der Waals surface area contributed by atoms with Crippen molar-refractivity contribution in [1.29, 1.82) is 0 Å². The van der Waals surface area contributed by atoms with Crippen molar-refractivity contribution in [2.75, 3.05) is 27.2 Å². The fraction of sp³-hybridized carbons (Fsp3) is 0.750. The first-order chi connectivity index (χ1) is 21.0. The van der Waals surface area contributed by atoms with Crippen molar-refractivity contribution < 1.29 is 24.6 Å². The van der Waals surface area contributed by atoms with Gasteiger partial charge < -0.3 is 25.3 Å². The van der Waals surface area contributed by atoms with Crippen LogP contribution in [0, 0.1) is 23.7 Å². The van der Waals surface area contributed by atoms with Gasteiger partial charge in [-0.15, -0.1) is 0 Å². The predicted molar refractivity (Wildman–Crippen MR) is 175 cm³/mol. The van der Waals surface area contributed by atoms with Crippen LogP contribution in [-0.2, 0) is 20.8 Å². The lowest BCUT2D eigenvalue weighted by atomic mass is 9.80. The lowest BCUT2D eigenvalue weighted by Crippen LogP contribution is -2.55. The summed E-state index contributed by atoms with van der Waals surface area (Å²) in [5, 5.41) is 25.7. The maximum Gasteiger partial charge on any atom is 0.241 e. The Hall–Kier alpha value is -2.45. The quantitative estimate of drug-likeness (QED) is 0.244. The molecule has 0 heterocycles. The topological polar surface area (TPSA) is 110 Å². The fourth-order valence-corrected chi connectivity index (χ4v) is 7.14. The van der Waals surface area contributed by atoms with Crippen LogP contribution < -0.4 is 5.32 Å². The van der Waals surface area contributed by atoms with Crippen molar-refractivity contribution in [3.63, 3.8) is 0 Å². The number of hydrogen-bond donors (Lipinski definition) is 3. The highest BCUT2D eigenvalue weighted by molar-refractivity contribution is 5.88. The average Bonchev–Trinajstić information content (AvgIpc) is 3.01. The molecule has 0 aliphatic heterocycles. The van der Waals surface area contributed by atoms with E-state index in [1.807, 2.05) is 49.1 Å². The van der Waals surface area contributed by atoms with Gasteiger partial charge >= 0.3 is 0 Å². The third-order valence-electron chi connectivity index (χ3n) is 9.71. The Bertz CT molecular complexity index is 1000. The number of nitrogens with zero attached hydrogens (tertiary/aromatic N) is 2. The van der Waals surface area contributed by atoms with Crippen LogP contribution in [0.25, 0.3) is 0 Å². The molecule has 0 spiro atoms. The zero-order valence-electron chi connectivity index (χ0n) is 27.8. The van der Waals surface area contributed by atoms with Gasteiger partial charge in [0.2, 0.25) is 17.7 Å². The van der Waals surface area contributed by atoms with Crippen LogP contribution in [0.15, 0.2) is 30.3 Å². The molecule has 0 unspecified atom stereocenters. The Morgan fingerprint density at radius 2 is 1.48 bits per heavy atom. The molecule has 2 fully saturated rings. The Kier molecular flexibility index (Phi) is 15.1. The molecule has 0 radical (unpaired) electrons. The molecule has 44 heavy (non-hydrogen) atoms. The van der Waals surface area contributed by atoms with E-state index in [0.29, 0.717) is 37.6 Å². The number of nitrogens with one attached hydrogen (secondary N) is 1. The second-order valence-corrected chi connectivity index (χ2v) is 14.1. The molecular formula is C36H59N3O5. The van der Waals surface area contributed by atoms with Crippen LogP contribution >= 0.6 is 0 Å². The van der Waals surface area contributed by atoms with Gasteiger partial charge in [-0.1, -0.05) is 95.5 Å². The van der Waals surface area contributed by atoms with Gasteiger partial charge in [0.1, 0.15) is 6.10 Å². The Balaban J connectivity index is 1.96. The first-order valence-electron chi connectivity index (χ1n) is 17.2. The fourth-order valence-electron chi connectivity index (χ4n) is 7.14. The van der Waals surface area contributed by atoms with E-state index in [1.54, 1.807) is 14.1 Å². The van der Waals surface area contributed by atoms with E-state index >= 15 is 0 Å². The molecular weight excluding hydrogens is 554 g/mol. The minimum Gasteiger partial charge on any atom is -0.390 e. The highest BCUT2D eigenvalue weighted by atomic mass is 16.3. The van der Waals surface area contributed by atoms with Crippen LogP contribution in [0.4, 0.5) is 0 Å². The number of rotatable bonds is 16. The Morgan fingerprint density at radius 3 is 2.05 bits per heavy atom. The van der Waals surface area contributed by atoms with Crippen molar-refractivity contribution in [3.8, 4) is 0 Å². The number of carbonyl (C=O) groups excluding carboxylic acids is 3. The molecule has 4 atom stereocenters. The molecule has 8 heteroatoms. The highest BCUT2D eigenvalue weighted by Gasteiger charge is 2.40. The molecule has 3 amide bonds. The van der Waals surface area contributed by atoms with E-state index in [2.05, 4.69) is 5.32 Å². The van der Waals surface area contributed by atoms with Gasteiger partial charge in [-0.3, -0.25) is 14.4 Å². The number of carbonyl (C=O) groups is 3. The monoisotopic (exact) mass is 613 g/mol. The molecule has 1 aromatic carbocycles. The number of aliphatic hydroxyl groups excluding tert-OH is 2. The van der Waals surface area contributed by atoms with Crippen molar-refractivity contribution in [3.05, 3.63) is 35.9 Å². The minimum absolute atomic E-state index is 0.0452. The van der Waals surface area contributed by atoms with Gasteiger partial charge in [0.05, 0.1) is 24.6 Å². The summed E-state index contributed by atoms with van der Waals surface area (Å²) in [6.07, 6.45) is 10.7. The number of hydrogen-bond acceptors (Lipinski definition) is 5. The molecule has 2 saturated carbocycles. The normalized spacial score (nSPS) is 19.2. The Morgan fingerprint density at radius 1 is 0.886 bits per heavy atom. The summed E-state index contributed by atoms with van der Waals surface area (Å²) in [4.78, 5) is 43.5. The second kappa shape index (κ2) is 18.5. The third kappa shape index (κ3) is 11.8. The zero-order chi connectivity index (χ0) is 32.1. The van der Waals surface area contributed by atoms with Gasteiger partial charge in [-0.25, -0.2) is 0 Å². The summed E-state index contributed by atoms with van der Waals surface area (Å²) < 4.78 is 0. The second-order valence-electron chi connectivity index (χ2n) is 14.1. The molecule has 0 bridgehead atoms. The van der Waals surface area contributed by atoms with Crippen LogP contribution in [-0.4, -0.2) is 83.2 Å². The van der Waals surface area contributed by atoms with Gasteiger partial charge in [0, 0.05) is 27.1 Å². The number of likely N-dealkylation sites (N-methyl/N-ethyl adjacent to an activating group) is 1. The lowest BCUT2D eigenvalue weighted by Gasteiger charge is -2.43. The molecule has 3 N–H and O–H groups in total. The summed E-state index contributed by atoms with van der Waals surface area (Å²) in [5.74, 6) is -0.404. The summed E-state index contributed by atoms with van der Waals surface area (Å²) in [6, 6.07) is 9.23. The third-order valence-corrected chi connectivity index (χ3v) is 9.71. The van der Waals surface area contributed by atoms with E-state index < -0.39 is 24.2 Å². The maximum atomic E-state index is 14.8. The first kappa shape index (κ1) is 36.0. The maximum absolute atomic E-state index is 14.8. The summed E-state index contributed by atoms with van der Waals surface area (Å²) >= 11 is 0. The number of benzene rings is 1. The van der Waals surface area contributed by atoms with Gasteiger partial charge in [-0.05, 0) is 55.4 Å². The van der Waals surface area contributed by atoms with Gasteiger partial charge in [0.25, 0.3) is 0 Å². The lowest BCUT2D eigenvalue weighted by molar-refractivity contribution is -0.147. The van der Waals surface area contributed by atoms with E-state index in [0.717, 1.165) is 56.9 Å². The van der Waals surface area contributed by atoms with Crippen molar-refractivity contribution in [2.24, 2.45) is 23.7 Å². The van der Waals surface area contributed by atoms with E-state index in [4.69, 9.17) is 0 Å². The summed E-state index contributed by atoms with van der Waals surface area (Å²) in [7, 11) is 3.29. The van der Waals surface area contributed by atoms with Crippen molar-refractivity contribution >= 4 is 17.7 Å². The number of aliphatic hydroxyl groups is 2. The molecule has 2 aliphatic carbocycles. The predicted octanol–water partition coefficient (Wildman–Crippen LogP) is 4.96. The van der Waals surface area contributed by atoms with Gasteiger partial charge in [-0.2, -0.15) is 0 Å². The van der Waals surface area contributed by atoms with Crippen LogP contribution in [0.3, 0.4) is 0 Å². The largest absolute Gasteiger partial charge is 0.390 e. The molecule has 2 aliphatic rings. The first-order valence-corrected chi connectivity index (χ1v) is 17.2. The Labute approximate surface area is 266 Å². The zero-order valence-corrected chi connectivity index (χ0v) is 27.8. The van der Waals surface area contributed by atoms with E-state index in [1.165, 1.54) is 17.7 Å². The van der Waals surface area contributed by atoms with Crippen LogP contribution in [0.2, 0.25) is 0 Å². The standard InChI is InChI=1S/C36H59N3O5/c1-26(2)20-32(40)35(43)31(22-28-16-10-6-11-17-28)39(25-29-18-12-7-13-19-29)36(44)30(21-27-14-8-5-9-15-27)23-33(41)37-24-34(42)38(3)4/h5,8-9,14-15,26,28-32,35,40,43H,6-7,10-13,16-25H2,1-4H3,(H,37,41)/t30-,31+,32+,35-/m1/s1. The van der Waals surface area contributed by atoms with E-state index in [9.17, 15) is 24.6 Å². The smallest absolute Gasteiger partial charge is 0.241 e. The average molecular weight is 614 g/mol. The molecule has 8 nitrogen and oxygen atoms in total. The SMILES string of the molecule is CC(C)C[C@H](O)[C@H](O)[C@H](CC1CCCCC1)N(CC1CCCCC1)C(=O)[C@@H](CC(=O)NCC(=O)N(C)C)Cc1ccccc1.